The van der Waals surface area contributed by atoms with Gasteiger partial charge in [0.25, 0.3) is 0 Å². The number of nitrogens with two attached hydrogens (primary N) is 1. The highest BCUT2D eigenvalue weighted by atomic mass is 32.2. The molecule has 0 heterocycles. The molecule has 0 aliphatic carbocycles. The Morgan fingerprint density at radius 3 is 2.73 bits per heavy atom. The molecule has 15 heavy (non-hydrogen) atoms. The lowest BCUT2D eigenvalue weighted by Gasteiger charge is -2.10. The van der Waals surface area contributed by atoms with Crippen molar-refractivity contribution >= 4 is 10.0 Å². The molecule has 1 unspecified atom stereocenters. The number of hydrogen-bond donors (Lipinski definition) is 2. The molecule has 1 rings (SSSR count). The smallest absolute Gasteiger partial charge is 0.238 e. The highest BCUT2D eigenvalue weighted by Crippen LogP contribution is 2.16. The van der Waals surface area contributed by atoms with Crippen LogP contribution in [0.3, 0.4) is 0 Å². The molecule has 84 valence electrons. The Morgan fingerprint density at radius 1 is 1.53 bits per heavy atom. The molecule has 0 aromatic heterocycles. The number of methoxy groups -OCH3 is 1. The van der Waals surface area contributed by atoms with Crippen LogP contribution in [0.15, 0.2) is 29.2 Å². The van der Waals surface area contributed by atoms with Gasteiger partial charge in [-0.05, 0) is 17.7 Å². The molecule has 0 amide bonds. The minimum absolute atomic E-state index is 0.0184. The summed E-state index contributed by atoms with van der Waals surface area (Å²) in [6.07, 6.45) is -0.850. The van der Waals surface area contributed by atoms with Gasteiger partial charge >= 0.3 is 0 Å². The molecule has 0 bridgehead atoms. The van der Waals surface area contributed by atoms with Gasteiger partial charge in [0.15, 0.2) is 0 Å². The molecular weight excluding hydrogens is 218 g/mol. The van der Waals surface area contributed by atoms with E-state index in [1.807, 2.05) is 0 Å². The van der Waals surface area contributed by atoms with Gasteiger partial charge in [0.05, 0.1) is 11.5 Å². The molecule has 0 aliphatic rings. The fourth-order valence-corrected chi connectivity index (χ4v) is 1.72. The quantitative estimate of drug-likeness (QED) is 0.764. The molecule has 0 spiro atoms. The van der Waals surface area contributed by atoms with Crippen LogP contribution in [-0.2, 0) is 14.8 Å². The second kappa shape index (κ2) is 4.71. The number of rotatable bonds is 4. The number of aliphatic hydroxyl groups excluding tert-OH is 1. The van der Waals surface area contributed by atoms with Gasteiger partial charge in [0.1, 0.15) is 6.10 Å². The fourth-order valence-electron chi connectivity index (χ4n) is 1.15. The minimum atomic E-state index is -3.73. The van der Waals surface area contributed by atoms with E-state index in [1.54, 1.807) is 6.07 Å². The van der Waals surface area contributed by atoms with Crippen LogP contribution in [0.25, 0.3) is 0 Å². The van der Waals surface area contributed by atoms with E-state index in [0.717, 1.165) is 0 Å². The van der Waals surface area contributed by atoms with Crippen molar-refractivity contribution in [3.8, 4) is 0 Å². The molecule has 1 aromatic carbocycles. The van der Waals surface area contributed by atoms with E-state index >= 15 is 0 Å². The summed E-state index contributed by atoms with van der Waals surface area (Å²) in [4.78, 5) is -0.0184. The van der Waals surface area contributed by atoms with Gasteiger partial charge in [-0.25, -0.2) is 13.6 Å². The highest BCUT2D eigenvalue weighted by Gasteiger charge is 2.12. The van der Waals surface area contributed by atoms with E-state index in [1.165, 1.54) is 25.3 Å². The molecule has 5 nitrogen and oxygen atoms in total. The summed E-state index contributed by atoms with van der Waals surface area (Å²) in [5, 5.41) is 14.5. The van der Waals surface area contributed by atoms with Gasteiger partial charge in [-0.1, -0.05) is 12.1 Å². The summed E-state index contributed by atoms with van der Waals surface area (Å²) in [5.41, 5.74) is 0.461. The van der Waals surface area contributed by atoms with E-state index in [4.69, 9.17) is 9.88 Å². The Kier molecular flexibility index (Phi) is 3.81. The van der Waals surface area contributed by atoms with E-state index < -0.39 is 16.1 Å². The van der Waals surface area contributed by atoms with Crippen LogP contribution >= 0.6 is 0 Å². The average molecular weight is 231 g/mol. The van der Waals surface area contributed by atoms with Crippen LogP contribution in [0, 0.1) is 0 Å². The number of primary sulfonamides is 1. The third kappa shape index (κ3) is 3.28. The maximum atomic E-state index is 11.0. The Morgan fingerprint density at radius 2 is 2.20 bits per heavy atom. The van der Waals surface area contributed by atoms with Crippen LogP contribution in [0.4, 0.5) is 0 Å². The van der Waals surface area contributed by atoms with Crippen molar-refractivity contribution in [1.29, 1.82) is 0 Å². The monoisotopic (exact) mass is 231 g/mol. The predicted octanol–water partition coefficient (Wildman–Crippen LogP) is 0.0138. The summed E-state index contributed by atoms with van der Waals surface area (Å²) in [6.45, 7) is 0.105. The first-order chi connectivity index (χ1) is 6.95. The largest absolute Gasteiger partial charge is 0.386 e. The Bertz CT molecular complexity index is 429. The van der Waals surface area contributed by atoms with Gasteiger partial charge in [0.2, 0.25) is 10.0 Å². The van der Waals surface area contributed by atoms with E-state index in [-0.39, 0.29) is 11.5 Å². The molecule has 0 aliphatic heterocycles. The highest BCUT2D eigenvalue weighted by molar-refractivity contribution is 7.89. The van der Waals surface area contributed by atoms with Gasteiger partial charge in [0, 0.05) is 7.11 Å². The second-order valence-electron chi connectivity index (χ2n) is 3.09. The number of ether oxygens (including phenoxy) is 1. The lowest BCUT2D eigenvalue weighted by molar-refractivity contribution is 0.0643. The van der Waals surface area contributed by atoms with Crippen LogP contribution in [-0.4, -0.2) is 27.2 Å². The van der Waals surface area contributed by atoms with Crippen molar-refractivity contribution in [2.45, 2.75) is 11.0 Å². The summed E-state index contributed by atoms with van der Waals surface area (Å²) in [5.74, 6) is 0. The summed E-state index contributed by atoms with van der Waals surface area (Å²) >= 11 is 0. The van der Waals surface area contributed by atoms with Crippen molar-refractivity contribution in [3.63, 3.8) is 0 Å². The van der Waals surface area contributed by atoms with Crippen molar-refractivity contribution < 1.29 is 18.3 Å². The van der Waals surface area contributed by atoms with Crippen molar-refractivity contribution in [3.05, 3.63) is 29.8 Å². The third-order valence-electron chi connectivity index (χ3n) is 1.90. The topological polar surface area (TPSA) is 89.6 Å². The van der Waals surface area contributed by atoms with Gasteiger partial charge in [-0.15, -0.1) is 0 Å². The molecule has 0 fully saturated rings. The van der Waals surface area contributed by atoms with Crippen LogP contribution in [0.2, 0.25) is 0 Å². The summed E-state index contributed by atoms with van der Waals surface area (Å²) in [6, 6.07) is 5.84. The number of hydrogen-bond acceptors (Lipinski definition) is 4. The zero-order valence-electron chi connectivity index (χ0n) is 8.25. The number of benzene rings is 1. The molecule has 1 atom stereocenters. The lowest BCUT2D eigenvalue weighted by atomic mass is 10.1. The first kappa shape index (κ1) is 12.1. The Hall–Kier alpha value is -0.950. The molecule has 3 N–H and O–H groups in total. The van der Waals surface area contributed by atoms with E-state index in [0.29, 0.717) is 5.56 Å². The summed E-state index contributed by atoms with van der Waals surface area (Å²) < 4.78 is 26.8. The maximum absolute atomic E-state index is 11.0. The molecule has 6 heteroatoms. The molecular formula is C9H13NO4S. The number of aliphatic hydroxyl groups is 1. The molecule has 0 radical (unpaired) electrons. The lowest BCUT2D eigenvalue weighted by Crippen LogP contribution is -2.13. The van der Waals surface area contributed by atoms with Crippen molar-refractivity contribution in [1.82, 2.24) is 0 Å². The van der Waals surface area contributed by atoms with Gasteiger partial charge in [-0.3, -0.25) is 0 Å². The predicted molar refractivity (Wildman–Crippen MR) is 54.7 cm³/mol. The van der Waals surface area contributed by atoms with Crippen LogP contribution < -0.4 is 5.14 Å². The maximum Gasteiger partial charge on any atom is 0.238 e. The second-order valence-corrected chi connectivity index (χ2v) is 4.65. The Balaban J connectivity index is 3.03. The average Bonchev–Trinajstić information content (AvgIpc) is 2.17. The standard InChI is InChI=1S/C9H13NO4S/c1-14-6-9(11)7-3-2-4-8(5-7)15(10,12)13/h2-5,9,11H,6H2,1H3,(H2,10,12,13). The fraction of sp³-hybridized carbons (Fsp3) is 0.333. The SMILES string of the molecule is COCC(O)c1cccc(S(N)(=O)=O)c1. The molecule has 0 saturated carbocycles. The van der Waals surface area contributed by atoms with Crippen molar-refractivity contribution in [2.24, 2.45) is 5.14 Å². The van der Waals surface area contributed by atoms with E-state index in [2.05, 4.69) is 0 Å². The van der Waals surface area contributed by atoms with E-state index in [9.17, 15) is 13.5 Å². The Labute approximate surface area is 88.5 Å². The first-order valence-electron chi connectivity index (χ1n) is 4.25. The van der Waals surface area contributed by atoms with Gasteiger partial charge in [-0.2, -0.15) is 0 Å². The third-order valence-corrected chi connectivity index (χ3v) is 2.81. The molecule has 1 aromatic rings. The first-order valence-corrected chi connectivity index (χ1v) is 5.79. The number of sulfonamides is 1. The zero-order valence-corrected chi connectivity index (χ0v) is 9.07. The normalized spacial score (nSPS) is 13.8. The van der Waals surface area contributed by atoms with Crippen molar-refractivity contribution in [2.75, 3.05) is 13.7 Å². The zero-order chi connectivity index (χ0) is 11.5. The van der Waals surface area contributed by atoms with Gasteiger partial charge < -0.3 is 9.84 Å². The summed E-state index contributed by atoms with van der Waals surface area (Å²) in [7, 11) is -2.27. The minimum Gasteiger partial charge on any atom is -0.386 e. The molecule has 0 saturated heterocycles. The van der Waals surface area contributed by atoms with Crippen LogP contribution in [0.1, 0.15) is 11.7 Å². The van der Waals surface area contributed by atoms with Crippen LogP contribution in [0.5, 0.6) is 0 Å².